The van der Waals surface area contributed by atoms with Gasteiger partial charge in [-0.3, -0.25) is 9.69 Å². The summed E-state index contributed by atoms with van der Waals surface area (Å²) in [6.45, 7) is 4.52. The van der Waals surface area contributed by atoms with E-state index in [1.165, 1.54) is 12.1 Å². The molecule has 1 fully saturated rings. The van der Waals surface area contributed by atoms with Crippen molar-refractivity contribution >= 4 is 11.6 Å². The van der Waals surface area contributed by atoms with Crippen LogP contribution in [0, 0.1) is 12.7 Å². The Labute approximate surface area is 170 Å². The number of piperidine rings is 1. The molecule has 0 bridgehead atoms. The molecule has 29 heavy (non-hydrogen) atoms. The molecule has 1 saturated heterocycles. The quantitative estimate of drug-likeness (QED) is 0.610. The number of carbonyl (C=O) groups excluding carboxylic acids is 1. The first-order chi connectivity index (χ1) is 14.1. The van der Waals surface area contributed by atoms with Gasteiger partial charge < -0.3 is 9.32 Å². The number of hydrogen-bond donors (Lipinski definition) is 0. The number of anilines is 1. The van der Waals surface area contributed by atoms with E-state index in [0.717, 1.165) is 49.5 Å². The summed E-state index contributed by atoms with van der Waals surface area (Å²) < 4.78 is 18.9. The van der Waals surface area contributed by atoms with Gasteiger partial charge in [-0.15, -0.1) is 0 Å². The van der Waals surface area contributed by atoms with Gasteiger partial charge in [0.15, 0.2) is 0 Å². The van der Waals surface area contributed by atoms with Crippen LogP contribution in [-0.4, -0.2) is 29.9 Å². The van der Waals surface area contributed by atoms with Gasteiger partial charge >= 0.3 is 0 Å². The highest BCUT2D eigenvalue weighted by molar-refractivity contribution is 6.06. The number of likely N-dealkylation sites (tertiary alicyclic amines) is 1. The third-order valence-electron chi connectivity index (χ3n) is 5.47. The molecule has 0 radical (unpaired) electrons. The van der Waals surface area contributed by atoms with Crippen LogP contribution in [0.1, 0.15) is 34.5 Å². The smallest absolute Gasteiger partial charge is 0.258 e. The molecule has 4 rings (SSSR count). The van der Waals surface area contributed by atoms with Crippen LogP contribution in [0.4, 0.5) is 10.1 Å². The zero-order valence-corrected chi connectivity index (χ0v) is 16.6. The fraction of sp³-hybridized carbons (Fsp3) is 0.292. The summed E-state index contributed by atoms with van der Waals surface area (Å²) in [6, 6.07) is 17.8. The molecule has 1 aromatic heterocycles. The molecule has 1 aliphatic heterocycles. The van der Waals surface area contributed by atoms with Gasteiger partial charge in [-0.2, -0.15) is 0 Å². The Morgan fingerprint density at radius 1 is 1.10 bits per heavy atom. The van der Waals surface area contributed by atoms with Gasteiger partial charge in [-0.05, 0) is 68.3 Å². The topological polar surface area (TPSA) is 36.7 Å². The van der Waals surface area contributed by atoms with Gasteiger partial charge in [0.2, 0.25) is 0 Å². The summed E-state index contributed by atoms with van der Waals surface area (Å²) >= 11 is 0. The Kier molecular flexibility index (Phi) is 5.76. The molecule has 150 valence electrons. The lowest BCUT2D eigenvalue weighted by Gasteiger charge is -2.38. The van der Waals surface area contributed by atoms with E-state index >= 15 is 0 Å². The van der Waals surface area contributed by atoms with E-state index in [2.05, 4.69) is 4.90 Å². The van der Waals surface area contributed by atoms with Gasteiger partial charge in [-0.1, -0.05) is 17.7 Å². The van der Waals surface area contributed by atoms with Gasteiger partial charge in [0.05, 0.1) is 12.8 Å². The molecule has 0 spiro atoms. The van der Waals surface area contributed by atoms with Crippen molar-refractivity contribution in [3.8, 4) is 0 Å². The van der Waals surface area contributed by atoms with Gasteiger partial charge in [0, 0.05) is 30.4 Å². The largest absolute Gasteiger partial charge is 0.468 e. The fourth-order valence-corrected chi connectivity index (χ4v) is 3.97. The molecule has 1 aliphatic rings. The molecule has 4 nitrogen and oxygen atoms in total. The molecule has 3 aromatic rings. The van der Waals surface area contributed by atoms with E-state index in [0.29, 0.717) is 5.56 Å². The predicted molar refractivity (Wildman–Crippen MR) is 111 cm³/mol. The lowest BCUT2D eigenvalue weighted by molar-refractivity contribution is 0.0956. The summed E-state index contributed by atoms with van der Waals surface area (Å²) in [5, 5.41) is 0. The van der Waals surface area contributed by atoms with Crippen LogP contribution in [0.5, 0.6) is 0 Å². The van der Waals surface area contributed by atoms with Crippen LogP contribution in [-0.2, 0) is 6.54 Å². The van der Waals surface area contributed by atoms with Crippen molar-refractivity contribution in [1.29, 1.82) is 0 Å². The third-order valence-corrected chi connectivity index (χ3v) is 5.47. The molecule has 2 heterocycles. The molecule has 2 aromatic carbocycles. The first kappa shape index (κ1) is 19.4. The second-order valence-electron chi connectivity index (χ2n) is 7.61. The third kappa shape index (κ3) is 4.57. The highest BCUT2D eigenvalue weighted by Crippen LogP contribution is 2.27. The zero-order chi connectivity index (χ0) is 20.2. The van der Waals surface area contributed by atoms with Crippen LogP contribution >= 0.6 is 0 Å². The van der Waals surface area contributed by atoms with E-state index in [4.69, 9.17) is 4.42 Å². The maximum Gasteiger partial charge on any atom is 0.258 e. The minimum Gasteiger partial charge on any atom is -0.468 e. The molecule has 0 atom stereocenters. The summed E-state index contributed by atoms with van der Waals surface area (Å²) in [5.41, 5.74) is 2.44. The van der Waals surface area contributed by atoms with Crippen molar-refractivity contribution < 1.29 is 13.6 Å². The lowest BCUT2D eigenvalue weighted by Crippen LogP contribution is -2.47. The number of nitrogens with zero attached hydrogens (tertiary/aromatic N) is 2. The molecule has 1 amide bonds. The summed E-state index contributed by atoms with van der Waals surface area (Å²) in [6.07, 6.45) is 3.41. The summed E-state index contributed by atoms with van der Waals surface area (Å²) in [7, 11) is 0. The van der Waals surface area contributed by atoms with E-state index in [-0.39, 0.29) is 17.8 Å². The maximum absolute atomic E-state index is 13.5. The molecule has 0 aliphatic carbocycles. The van der Waals surface area contributed by atoms with Crippen molar-refractivity contribution in [2.45, 2.75) is 32.4 Å². The predicted octanol–water partition coefficient (Wildman–Crippen LogP) is 5.04. The van der Waals surface area contributed by atoms with E-state index in [9.17, 15) is 9.18 Å². The number of halogens is 1. The van der Waals surface area contributed by atoms with Gasteiger partial charge in [0.25, 0.3) is 5.91 Å². The minimum absolute atomic E-state index is 0.0372. The van der Waals surface area contributed by atoms with Crippen molar-refractivity contribution in [2.75, 3.05) is 18.0 Å². The highest BCUT2D eigenvalue weighted by Gasteiger charge is 2.30. The lowest BCUT2D eigenvalue weighted by atomic mass is 10.00. The highest BCUT2D eigenvalue weighted by atomic mass is 19.1. The van der Waals surface area contributed by atoms with Crippen molar-refractivity contribution in [3.63, 3.8) is 0 Å². The first-order valence-electron chi connectivity index (χ1n) is 10.0. The van der Waals surface area contributed by atoms with Crippen LogP contribution < -0.4 is 4.90 Å². The molecular weight excluding hydrogens is 367 g/mol. The maximum atomic E-state index is 13.5. The number of furan rings is 1. The minimum atomic E-state index is -0.301. The second-order valence-corrected chi connectivity index (χ2v) is 7.61. The Balaban J connectivity index is 1.54. The van der Waals surface area contributed by atoms with Gasteiger partial charge in [0.1, 0.15) is 11.6 Å². The van der Waals surface area contributed by atoms with Crippen LogP contribution in [0.2, 0.25) is 0 Å². The molecule has 0 unspecified atom stereocenters. The average Bonchev–Trinajstić information content (AvgIpc) is 3.24. The number of benzene rings is 2. The van der Waals surface area contributed by atoms with Crippen LogP contribution in [0.25, 0.3) is 0 Å². The second kappa shape index (κ2) is 8.62. The molecule has 0 saturated carbocycles. The van der Waals surface area contributed by atoms with Crippen LogP contribution in [0.3, 0.4) is 0 Å². The number of amides is 1. The molecule has 5 heteroatoms. The Morgan fingerprint density at radius 3 is 2.52 bits per heavy atom. The van der Waals surface area contributed by atoms with E-state index in [1.54, 1.807) is 18.4 Å². The fourth-order valence-electron chi connectivity index (χ4n) is 3.97. The van der Waals surface area contributed by atoms with Gasteiger partial charge in [-0.25, -0.2) is 4.39 Å². The Hall–Kier alpha value is -2.92. The summed E-state index contributed by atoms with van der Waals surface area (Å²) in [4.78, 5) is 17.6. The standard InChI is InChI=1S/C24H25FN2O2/c1-18-4-2-5-19(16-18)24(28)27(21-9-7-20(25)8-10-21)22-11-13-26(14-12-22)17-23-6-3-15-29-23/h2-10,15-16,22H,11-14,17H2,1H3. The van der Waals surface area contributed by atoms with Crippen molar-refractivity contribution in [3.05, 3.63) is 89.6 Å². The molecular formula is C24H25FN2O2. The average molecular weight is 392 g/mol. The van der Waals surface area contributed by atoms with Crippen molar-refractivity contribution in [2.24, 2.45) is 0 Å². The van der Waals surface area contributed by atoms with E-state index < -0.39 is 0 Å². The van der Waals surface area contributed by atoms with E-state index in [1.807, 2.05) is 48.2 Å². The Bertz CT molecular complexity index is 945. The summed E-state index contributed by atoms with van der Waals surface area (Å²) in [5.74, 6) is 0.615. The monoisotopic (exact) mass is 392 g/mol. The zero-order valence-electron chi connectivity index (χ0n) is 16.6. The number of rotatable bonds is 5. The number of hydrogen-bond acceptors (Lipinski definition) is 3. The normalized spacial score (nSPS) is 15.4. The Morgan fingerprint density at radius 2 is 1.86 bits per heavy atom. The first-order valence-corrected chi connectivity index (χ1v) is 10.0. The SMILES string of the molecule is Cc1cccc(C(=O)N(c2ccc(F)cc2)C2CCN(Cc3ccco3)CC2)c1. The number of carbonyl (C=O) groups is 1. The van der Waals surface area contributed by atoms with Crippen molar-refractivity contribution in [1.82, 2.24) is 4.90 Å². The van der Waals surface area contributed by atoms with Crippen LogP contribution in [0.15, 0.2) is 71.3 Å². The number of aryl methyl sites for hydroxylation is 1. The molecule has 0 N–H and O–H groups in total.